The molecular formula is C41H23N3S. The Morgan fingerprint density at radius 2 is 1.09 bits per heavy atom. The van der Waals surface area contributed by atoms with Gasteiger partial charge in [0.25, 0.3) is 0 Å². The van der Waals surface area contributed by atoms with Crippen molar-refractivity contribution in [1.82, 2.24) is 9.97 Å². The monoisotopic (exact) mass is 589 g/mol. The van der Waals surface area contributed by atoms with Crippen LogP contribution in [0.5, 0.6) is 0 Å². The first-order valence-electron chi connectivity index (χ1n) is 14.8. The van der Waals surface area contributed by atoms with Crippen molar-refractivity contribution in [2.75, 3.05) is 0 Å². The van der Waals surface area contributed by atoms with Crippen LogP contribution in [0.2, 0.25) is 0 Å². The Morgan fingerprint density at radius 1 is 0.467 bits per heavy atom. The molecule has 6 aromatic carbocycles. The third kappa shape index (κ3) is 4.10. The van der Waals surface area contributed by atoms with Gasteiger partial charge < -0.3 is 0 Å². The summed E-state index contributed by atoms with van der Waals surface area (Å²) in [4.78, 5) is 13.0. The largest absolute Gasteiger partial charge is 0.265 e. The van der Waals surface area contributed by atoms with Gasteiger partial charge in [-0.15, -0.1) is 11.3 Å². The minimum Gasteiger partial charge on any atom is -0.265 e. The van der Waals surface area contributed by atoms with Crippen molar-refractivity contribution in [3.63, 3.8) is 0 Å². The molecule has 45 heavy (non-hydrogen) atoms. The van der Waals surface area contributed by atoms with Gasteiger partial charge in [0.15, 0.2) is 5.69 Å². The second-order valence-electron chi connectivity index (χ2n) is 11.3. The lowest BCUT2D eigenvalue weighted by Gasteiger charge is -2.16. The van der Waals surface area contributed by atoms with Gasteiger partial charge in [-0.25, -0.2) is 9.83 Å². The molecule has 0 aliphatic rings. The molecule has 0 spiro atoms. The Labute approximate surface area is 263 Å². The minimum atomic E-state index is 0.673. The molecule has 0 saturated carbocycles. The Bertz CT molecular complexity index is 2660. The molecular weight excluding hydrogens is 567 g/mol. The zero-order chi connectivity index (χ0) is 29.9. The predicted octanol–water partition coefficient (Wildman–Crippen LogP) is 11.9. The predicted molar refractivity (Wildman–Crippen MR) is 190 cm³/mol. The van der Waals surface area contributed by atoms with Gasteiger partial charge in [-0.2, -0.15) is 0 Å². The van der Waals surface area contributed by atoms with Gasteiger partial charge in [0.05, 0.1) is 18.0 Å². The van der Waals surface area contributed by atoms with Crippen LogP contribution in [-0.4, -0.2) is 9.97 Å². The van der Waals surface area contributed by atoms with E-state index in [1.165, 1.54) is 58.2 Å². The molecule has 0 aliphatic heterocycles. The van der Waals surface area contributed by atoms with Crippen molar-refractivity contribution in [2.24, 2.45) is 0 Å². The maximum absolute atomic E-state index is 7.53. The van der Waals surface area contributed by atoms with Crippen LogP contribution in [0.25, 0.3) is 91.0 Å². The molecule has 0 unspecified atom stereocenters. The van der Waals surface area contributed by atoms with E-state index in [-0.39, 0.29) is 0 Å². The average Bonchev–Trinajstić information content (AvgIpc) is 3.48. The number of fused-ring (bicyclic) bond motifs is 8. The average molecular weight is 590 g/mol. The van der Waals surface area contributed by atoms with Crippen LogP contribution in [-0.2, 0) is 0 Å². The van der Waals surface area contributed by atoms with Crippen molar-refractivity contribution in [1.29, 1.82) is 0 Å². The molecule has 0 N–H and O–H groups in total. The second kappa shape index (κ2) is 10.1. The molecule has 3 nitrogen and oxygen atoms in total. The number of hydrogen-bond acceptors (Lipinski definition) is 3. The normalized spacial score (nSPS) is 11.5. The first-order valence-corrected chi connectivity index (χ1v) is 15.7. The van der Waals surface area contributed by atoms with Gasteiger partial charge in [0.2, 0.25) is 0 Å². The second-order valence-corrected chi connectivity index (χ2v) is 12.4. The van der Waals surface area contributed by atoms with E-state index >= 15 is 0 Å². The summed E-state index contributed by atoms with van der Waals surface area (Å²) in [6.45, 7) is 7.53. The number of benzene rings is 6. The van der Waals surface area contributed by atoms with Crippen LogP contribution >= 0.6 is 11.3 Å². The fourth-order valence-electron chi connectivity index (χ4n) is 6.67. The van der Waals surface area contributed by atoms with E-state index < -0.39 is 0 Å². The lowest BCUT2D eigenvalue weighted by atomic mass is 9.88. The molecule has 0 amide bonds. The number of nitrogens with zero attached hydrogens (tertiary/aromatic N) is 3. The highest BCUT2D eigenvalue weighted by Gasteiger charge is 2.16. The first kappa shape index (κ1) is 25.6. The Morgan fingerprint density at radius 3 is 1.82 bits per heavy atom. The molecule has 0 saturated heterocycles. The molecule has 0 radical (unpaired) electrons. The SMILES string of the molecule is [C-]#[N+]c1ccc2sc3ccc(-c4cc5c6ccccc6c(-c6cccc(-c7ccncc7)n6)cc5c5ccccc45)cc3c2c1. The highest BCUT2D eigenvalue weighted by Crippen LogP contribution is 2.43. The molecule has 0 aliphatic carbocycles. The summed E-state index contributed by atoms with van der Waals surface area (Å²) in [5.74, 6) is 0. The van der Waals surface area contributed by atoms with E-state index in [0.717, 1.165) is 27.9 Å². The van der Waals surface area contributed by atoms with E-state index in [4.69, 9.17) is 11.6 Å². The zero-order valence-electron chi connectivity index (χ0n) is 24.0. The Hall–Kier alpha value is -5.89. The standard InChI is InChI=1S/C41H23N3S/c1-42-27-14-16-41-37(22-27)36-21-26(13-15-40(36)45-41)32-23-33-30-9-4-5-10-31(30)35(24-34(33)29-8-3-2-7-28(29)32)39-12-6-11-38(44-39)25-17-19-43-20-18-25/h2-24H. The molecule has 4 heteroatoms. The van der Waals surface area contributed by atoms with Crippen molar-refractivity contribution in [2.45, 2.75) is 0 Å². The van der Waals surface area contributed by atoms with Crippen molar-refractivity contribution >= 4 is 69.5 Å². The van der Waals surface area contributed by atoms with Gasteiger partial charge in [0.1, 0.15) is 0 Å². The lowest BCUT2D eigenvalue weighted by Crippen LogP contribution is -1.92. The molecule has 3 aromatic heterocycles. The van der Waals surface area contributed by atoms with Crippen LogP contribution in [0.4, 0.5) is 5.69 Å². The Kier molecular flexibility index (Phi) is 5.74. The first-order chi connectivity index (χ1) is 22.2. The van der Waals surface area contributed by atoms with Gasteiger partial charge in [-0.1, -0.05) is 72.8 Å². The smallest absolute Gasteiger partial charge is 0.187 e. The summed E-state index contributed by atoms with van der Waals surface area (Å²) in [6.07, 6.45) is 3.62. The molecule has 0 bridgehead atoms. The Balaban J connectivity index is 1.32. The quantitative estimate of drug-likeness (QED) is 0.152. The van der Waals surface area contributed by atoms with Crippen molar-refractivity contribution in [3.05, 3.63) is 151 Å². The molecule has 3 heterocycles. The third-order valence-corrected chi connectivity index (χ3v) is 9.93. The molecule has 208 valence electrons. The summed E-state index contributed by atoms with van der Waals surface area (Å²) in [5, 5.41) is 9.59. The summed E-state index contributed by atoms with van der Waals surface area (Å²) < 4.78 is 2.44. The fourth-order valence-corrected chi connectivity index (χ4v) is 7.74. The van der Waals surface area contributed by atoms with Crippen LogP contribution < -0.4 is 0 Å². The fraction of sp³-hybridized carbons (Fsp3) is 0. The van der Waals surface area contributed by atoms with E-state index in [1.54, 1.807) is 11.3 Å². The minimum absolute atomic E-state index is 0.673. The van der Waals surface area contributed by atoms with E-state index in [0.29, 0.717) is 5.69 Å². The highest BCUT2D eigenvalue weighted by atomic mass is 32.1. The number of pyridine rings is 2. The highest BCUT2D eigenvalue weighted by molar-refractivity contribution is 7.25. The van der Waals surface area contributed by atoms with Crippen molar-refractivity contribution in [3.8, 4) is 33.6 Å². The maximum Gasteiger partial charge on any atom is 0.187 e. The van der Waals surface area contributed by atoms with Gasteiger partial charge in [-0.3, -0.25) is 4.98 Å². The summed E-state index contributed by atoms with van der Waals surface area (Å²) >= 11 is 1.78. The number of rotatable bonds is 3. The van der Waals surface area contributed by atoms with Crippen LogP contribution in [0.15, 0.2) is 140 Å². The summed E-state index contributed by atoms with van der Waals surface area (Å²) in [5.41, 5.74) is 7.10. The van der Waals surface area contributed by atoms with Gasteiger partial charge >= 0.3 is 0 Å². The number of thiophene rings is 1. The third-order valence-electron chi connectivity index (χ3n) is 8.78. The van der Waals surface area contributed by atoms with Crippen LogP contribution in [0.1, 0.15) is 0 Å². The molecule has 9 aromatic rings. The molecule has 0 fully saturated rings. The van der Waals surface area contributed by atoms with Crippen LogP contribution in [0, 0.1) is 6.57 Å². The van der Waals surface area contributed by atoms with E-state index in [1.807, 2.05) is 36.7 Å². The molecule has 0 atom stereocenters. The van der Waals surface area contributed by atoms with Gasteiger partial charge in [-0.05, 0) is 109 Å². The summed E-state index contributed by atoms with van der Waals surface area (Å²) in [7, 11) is 0. The maximum atomic E-state index is 7.53. The summed E-state index contributed by atoms with van der Waals surface area (Å²) in [6, 6.07) is 45.1. The lowest BCUT2D eigenvalue weighted by molar-refractivity contribution is 1.29. The van der Waals surface area contributed by atoms with Crippen LogP contribution in [0.3, 0.4) is 0 Å². The van der Waals surface area contributed by atoms with E-state index in [2.05, 4.69) is 113 Å². The number of aromatic nitrogens is 2. The zero-order valence-corrected chi connectivity index (χ0v) is 24.8. The topological polar surface area (TPSA) is 30.1 Å². The van der Waals surface area contributed by atoms with Gasteiger partial charge in [0, 0.05) is 32.9 Å². The van der Waals surface area contributed by atoms with E-state index in [9.17, 15) is 0 Å². The number of hydrogen-bond donors (Lipinski definition) is 0. The van der Waals surface area contributed by atoms with Crippen molar-refractivity contribution < 1.29 is 0 Å². The molecule has 9 rings (SSSR count).